The van der Waals surface area contributed by atoms with Gasteiger partial charge >= 0.3 is 0 Å². The van der Waals surface area contributed by atoms with E-state index in [0.29, 0.717) is 30.9 Å². The van der Waals surface area contributed by atoms with Crippen LogP contribution in [0.3, 0.4) is 0 Å². The zero-order valence-electron chi connectivity index (χ0n) is 20.5. The topological polar surface area (TPSA) is 81.7 Å². The normalized spacial score (nSPS) is 14.4. The summed E-state index contributed by atoms with van der Waals surface area (Å²) in [6, 6.07) is 9.19. The van der Waals surface area contributed by atoms with Crippen molar-refractivity contribution < 1.29 is 9.59 Å². The molecule has 0 radical (unpaired) electrons. The van der Waals surface area contributed by atoms with Gasteiger partial charge in [-0.25, -0.2) is 9.97 Å². The lowest BCUT2D eigenvalue weighted by Gasteiger charge is -2.35. The number of aromatic nitrogens is 2. The molecule has 0 atom stereocenters. The number of amides is 2. The van der Waals surface area contributed by atoms with Crippen molar-refractivity contribution in [3.8, 4) is 0 Å². The first kappa shape index (κ1) is 24.6. The molecule has 2 aromatic rings. The highest BCUT2D eigenvalue weighted by atomic mass is 16.2. The smallest absolute Gasteiger partial charge is 0.253 e. The monoisotopic (exact) mass is 452 g/mol. The average Bonchev–Trinajstić information content (AvgIpc) is 2.80. The van der Waals surface area contributed by atoms with Gasteiger partial charge in [0.1, 0.15) is 11.6 Å². The molecule has 1 aliphatic rings. The summed E-state index contributed by atoms with van der Waals surface area (Å²) in [5, 5.41) is 2.94. The minimum absolute atomic E-state index is 0.0206. The van der Waals surface area contributed by atoms with Crippen molar-refractivity contribution in [1.82, 2.24) is 19.8 Å². The molecule has 1 aromatic heterocycles. The molecule has 1 N–H and O–H groups in total. The number of anilines is 2. The molecule has 1 aromatic carbocycles. The van der Waals surface area contributed by atoms with E-state index in [0.717, 1.165) is 43.5 Å². The molecular weight excluding hydrogens is 416 g/mol. The molecule has 0 bridgehead atoms. The fraction of sp³-hybridized carbons (Fsp3) is 0.520. The molecule has 8 heteroatoms. The van der Waals surface area contributed by atoms with Crippen LogP contribution in [0.15, 0.2) is 30.3 Å². The lowest BCUT2D eigenvalue weighted by Crippen LogP contribution is -2.49. The molecule has 178 valence electrons. The Bertz CT molecular complexity index is 965. The Morgan fingerprint density at radius 3 is 2.39 bits per heavy atom. The van der Waals surface area contributed by atoms with E-state index in [1.165, 1.54) is 0 Å². The number of nitrogens with one attached hydrogen (secondary N) is 1. The molecule has 0 unspecified atom stereocenters. The molecule has 1 fully saturated rings. The van der Waals surface area contributed by atoms with Crippen molar-refractivity contribution in [3.63, 3.8) is 0 Å². The van der Waals surface area contributed by atoms with Crippen LogP contribution in [0.5, 0.6) is 0 Å². The molecule has 3 rings (SSSR count). The molecule has 2 amide bonds. The summed E-state index contributed by atoms with van der Waals surface area (Å²) in [5.41, 5.74) is 2.22. The van der Waals surface area contributed by atoms with Crippen molar-refractivity contribution in [2.75, 3.05) is 56.0 Å². The van der Waals surface area contributed by atoms with Gasteiger partial charge in [-0.1, -0.05) is 19.9 Å². The second-order valence-electron chi connectivity index (χ2n) is 8.75. The fourth-order valence-corrected chi connectivity index (χ4v) is 3.96. The highest BCUT2D eigenvalue weighted by Crippen LogP contribution is 2.19. The standard InChI is InChI=1S/C25H36N6O2/c1-6-30(7-2)25(33)20-9-8-10-21(16-20)27-23(32)17-29-11-13-31(14-12-29)22-15-19(5)26-24(28-22)18(3)4/h8-10,15-16,18H,6-7,11-14,17H2,1-5H3,(H,27,32). The van der Waals surface area contributed by atoms with Gasteiger partial charge in [0.15, 0.2) is 0 Å². The Kier molecular flexibility index (Phi) is 8.38. The molecule has 8 nitrogen and oxygen atoms in total. The second kappa shape index (κ2) is 11.2. The van der Waals surface area contributed by atoms with Gasteiger partial charge < -0.3 is 15.1 Å². The summed E-state index contributed by atoms with van der Waals surface area (Å²) in [5.74, 6) is 2.02. The zero-order valence-corrected chi connectivity index (χ0v) is 20.5. The van der Waals surface area contributed by atoms with Crippen molar-refractivity contribution in [2.45, 2.75) is 40.5 Å². The summed E-state index contributed by atoms with van der Waals surface area (Å²) in [6.45, 7) is 15.0. The molecular formula is C25H36N6O2. The molecule has 0 saturated carbocycles. The summed E-state index contributed by atoms with van der Waals surface area (Å²) in [6.07, 6.45) is 0. The van der Waals surface area contributed by atoms with E-state index in [-0.39, 0.29) is 17.7 Å². The van der Waals surface area contributed by atoms with Crippen molar-refractivity contribution >= 4 is 23.3 Å². The third-order valence-electron chi connectivity index (χ3n) is 5.88. The van der Waals surface area contributed by atoms with Crippen LogP contribution in [0.1, 0.15) is 55.5 Å². The second-order valence-corrected chi connectivity index (χ2v) is 8.75. The summed E-state index contributed by atoms with van der Waals surface area (Å²) < 4.78 is 0. The first-order valence-electron chi connectivity index (χ1n) is 11.8. The van der Waals surface area contributed by atoms with Gasteiger partial charge in [-0.15, -0.1) is 0 Å². The van der Waals surface area contributed by atoms with Gasteiger partial charge in [0.25, 0.3) is 5.91 Å². The van der Waals surface area contributed by atoms with Gasteiger partial charge in [0.2, 0.25) is 5.91 Å². The Balaban J connectivity index is 1.54. The summed E-state index contributed by atoms with van der Waals surface area (Å²) in [7, 11) is 0. The Labute approximate surface area is 197 Å². The van der Waals surface area contributed by atoms with Gasteiger partial charge in [-0.2, -0.15) is 0 Å². The number of carbonyl (C=O) groups excluding carboxylic acids is 2. The Morgan fingerprint density at radius 1 is 1.06 bits per heavy atom. The quantitative estimate of drug-likeness (QED) is 0.663. The van der Waals surface area contributed by atoms with Crippen LogP contribution in [0, 0.1) is 6.92 Å². The third-order valence-corrected chi connectivity index (χ3v) is 5.88. The predicted octanol–water partition coefficient (Wildman–Crippen LogP) is 3.15. The van der Waals surface area contributed by atoms with Gasteiger partial charge in [0.05, 0.1) is 6.54 Å². The van der Waals surface area contributed by atoms with E-state index in [9.17, 15) is 9.59 Å². The summed E-state index contributed by atoms with van der Waals surface area (Å²) in [4.78, 5) is 40.7. The molecule has 1 saturated heterocycles. The number of benzene rings is 1. The molecule has 0 aliphatic carbocycles. The van der Waals surface area contributed by atoms with Crippen LogP contribution in [0.4, 0.5) is 11.5 Å². The number of hydrogen-bond donors (Lipinski definition) is 1. The van der Waals surface area contributed by atoms with Crippen molar-refractivity contribution in [2.24, 2.45) is 0 Å². The number of piperazine rings is 1. The molecule has 33 heavy (non-hydrogen) atoms. The van der Waals surface area contributed by atoms with Gasteiger partial charge in [-0.3, -0.25) is 14.5 Å². The van der Waals surface area contributed by atoms with Gasteiger partial charge in [-0.05, 0) is 39.0 Å². The van der Waals surface area contributed by atoms with Crippen LogP contribution in [0.2, 0.25) is 0 Å². The van der Waals surface area contributed by atoms with E-state index in [1.807, 2.05) is 32.9 Å². The number of carbonyl (C=O) groups is 2. The van der Waals surface area contributed by atoms with Crippen LogP contribution in [-0.2, 0) is 4.79 Å². The number of nitrogens with zero attached hydrogens (tertiary/aromatic N) is 5. The SMILES string of the molecule is CCN(CC)C(=O)c1cccc(NC(=O)CN2CCN(c3cc(C)nc(C(C)C)n3)CC2)c1. The lowest BCUT2D eigenvalue weighted by molar-refractivity contribution is -0.117. The molecule has 1 aliphatic heterocycles. The van der Waals surface area contributed by atoms with Crippen molar-refractivity contribution in [3.05, 3.63) is 47.4 Å². The number of rotatable bonds is 8. The molecule has 0 spiro atoms. The Morgan fingerprint density at radius 2 is 1.76 bits per heavy atom. The summed E-state index contributed by atoms with van der Waals surface area (Å²) >= 11 is 0. The number of aryl methyl sites for hydroxylation is 1. The number of hydrogen-bond acceptors (Lipinski definition) is 6. The van der Waals surface area contributed by atoms with Crippen LogP contribution >= 0.6 is 0 Å². The highest BCUT2D eigenvalue weighted by Gasteiger charge is 2.21. The third kappa shape index (κ3) is 6.51. The largest absolute Gasteiger partial charge is 0.354 e. The zero-order chi connectivity index (χ0) is 24.0. The Hall–Kier alpha value is -3.00. The maximum absolute atomic E-state index is 12.6. The predicted molar refractivity (Wildman–Crippen MR) is 132 cm³/mol. The van der Waals surface area contributed by atoms with E-state index in [1.54, 1.807) is 23.1 Å². The fourth-order valence-electron chi connectivity index (χ4n) is 3.96. The van der Waals surface area contributed by atoms with Crippen LogP contribution in [-0.4, -0.2) is 77.4 Å². The van der Waals surface area contributed by atoms with Gasteiger partial charge in [0, 0.05) is 68.2 Å². The molecule has 2 heterocycles. The van der Waals surface area contributed by atoms with Crippen molar-refractivity contribution in [1.29, 1.82) is 0 Å². The first-order chi connectivity index (χ1) is 15.8. The van der Waals surface area contributed by atoms with E-state index in [4.69, 9.17) is 4.98 Å². The van der Waals surface area contributed by atoms with E-state index >= 15 is 0 Å². The average molecular weight is 453 g/mol. The first-order valence-corrected chi connectivity index (χ1v) is 11.8. The lowest BCUT2D eigenvalue weighted by atomic mass is 10.1. The van der Waals surface area contributed by atoms with E-state index in [2.05, 4.69) is 33.9 Å². The maximum atomic E-state index is 12.6. The maximum Gasteiger partial charge on any atom is 0.253 e. The van der Waals surface area contributed by atoms with Crippen LogP contribution < -0.4 is 10.2 Å². The van der Waals surface area contributed by atoms with Crippen LogP contribution in [0.25, 0.3) is 0 Å². The minimum atomic E-state index is -0.0733. The minimum Gasteiger partial charge on any atom is -0.354 e. The van der Waals surface area contributed by atoms with E-state index < -0.39 is 0 Å². The highest BCUT2D eigenvalue weighted by molar-refractivity contribution is 5.97.